The third-order valence-electron chi connectivity index (χ3n) is 3.93. The minimum Gasteiger partial charge on any atom is -0.313 e. The summed E-state index contributed by atoms with van der Waals surface area (Å²) in [5, 5.41) is 7.01. The van der Waals surface area contributed by atoms with Gasteiger partial charge in [0, 0.05) is 30.1 Å². The average molecular weight is 272 g/mol. The smallest absolute Gasteiger partial charge is 0.0965 e. The minimum absolute atomic E-state index is 0.511. The molecule has 1 heterocycles. The number of rotatable bonds is 4. The van der Waals surface area contributed by atoms with Gasteiger partial charge in [-0.1, -0.05) is 31.2 Å². The van der Waals surface area contributed by atoms with E-state index in [0.29, 0.717) is 12.0 Å². The molecule has 1 aliphatic rings. The topological polar surface area (TPSA) is 24.9 Å². The van der Waals surface area contributed by atoms with Crippen LogP contribution in [0.15, 0.2) is 35.8 Å². The largest absolute Gasteiger partial charge is 0.313 e. The molecule has 0 saturated heterocycles. The van der Waals surface area contributed by atoms with Crippen LogP contribution < -0.4 is 5.32 Å². The van der Waals surface area contributed by atoms with Crippen molar-refractivity contribution in [3.8, 4) is 0 Å². The third-order valence-corrected chi connectivity index (χ3v) is 4.94. The highest BCUT2D eigenvalue weighted by atomic mass is 32.1. The van der Waals surface area contributed by atoms with E-state index in [1.165, 1.54) is 35.4 Å². The Morgan fingerprint density at radius 3 is 3.00 bits per heavy atom. The molecule has 0 spiro atoms. The highest BCUT2D eigenvalue weighted by Gasteiger charge is 2.18. The summed E-state index contributed by atoms with van der Waals surface area (Å²) in [4.78, 5) is 4.39. The van der Waals surface area contributed by atoms with Gasteiger partial charge in [0.25, 0.3) is 0 Å². The van der Waals surface area contributed by atoms with Gasteiger partial charge in [-0.25, -0.2) is 4.98 Å². The van der Waals surface area contributed by atoms with Gasteiger partial charge in [0.15, 0.2) is 0 Å². The number of nitrogens with zero attached hydrogens (tertiary/aromatic N) is 1. The molecule has 2 unspecified atom stereocenters. The van der Waals surface area contributed by atoms with Crippen LogP contribution in [0.5, 0.6) is 0 Å². The lowest BCUT2D eigenvalue weighted by molar-refractivity contribution is 0.444. The first-order valence-corrected chi connectivity index (χ1v) is 7.90. The number of fused-ring (bicyclic) bond motifs is 1. The summed E-state index contributed by atoms with van der Waals surface area (Å²) in [7, 11) is 0. The third kappa shape index (κ3) is 3.04. The lowest BCUT2D eigenvalue weighted by atomic mass is 9.88. The van der Waals surface area contributed by atoms with Crippen LogP contribution in [-0.2, 0) is 12.8 Å². The molecule has 0 amide bonds. The van der Waals surface area contributed by atoms with E-state index in [9.17, 15) is 0 Å². The standard InChI is InChI=1S/C16H20N2S/c1-12(16-17-8-9-19-16)11-18-15-7-6-13-4-2-3-5-14(13)10-15/h2-5,8-9,12,15,18H,6-7,10-11H2,1H3. The maximum absolute atomic E-state index is 4.39. The van der Waals surface area contributed by atoms with E-state index in [2.05, 4.69) is 46.9 Å². The molecule has 2 nitrogen and oxygen atoms in total. The summed E-state index contributed by atoms with van der Waals surface area (Å²) in [5.41, 5.74) is 3.06. The molecule has 1 aromatic carbocycles. The SMILES string of the molecule is CC(CNC1CCc2ccccc2C1)c1nccs1. The number of thiazole rings is 1. The van der Waals surface area contributed by atoms with E-state index in [0.717, 1.165) is 6.54 Å². The van der Waals surface area contributed by atoms with Crippen LogP contribution in [0.1, 0.15) is 35.4 Å². The van der Waals surface area contributed by atoms with Gasteiger partial charge < -0.3 is 5.32 Å². The predicted octanol–water partition coefficient (Wildman–Crippen LogP) is 3.39. The zero-order valence-corrected chi connectivity index (χ0v) is 12.1. The molecule has 0 bridgehead atoms. The van der Waals surface area contributed by atoms with Gasteiger partial charge in [-0.3, -0.25) is 0 Å². The zero-order valence-electron chi connectivity index (χ0n) is 11.3. The molecule has 2 atom stereocenters. The number of aryl methyl sites for hydroxylation is 1. The maximum atomic E-state index is 4.39. The van der Waals surface area contributed by atoms with Crippen molar-refractivity contribution in [2.24, 2.45) is 0 Å². The van der Waals surface area contributed by atoms with Crippen LogP contribution in [-0.4, -0.2) is 17.6 Å². The highest BCUT2D eigenvalue weighted by Crippen LogP contribution is 2.22. The monoisotopic (exact) mass is 272 g/mol. The minimum atomic E-state index is 0.511. The second-order valence-corrected chi connectivity index (χ2v) is 6.31. The van der Waals surface area contributed by atoms with Crippen molar-refractivity contribution in [1.29, 1.82) is 0 Å². The molecule has 100 valence electrons. The van der Waals surface area contributed by atoms with E-state index >= 15 is 0 Å². The molecule has 3 heteroatoms. The van der Waals surface area contributed by atoms with Gasteiger partial charge in [-0.05, 0) is 30.4 Å². The van der Waals surface area contributed by atoms with Crippen molar-refractivity contribution in [3.05, 3.63) is 52.0 Å². The molecule has 1 aromatic heterocycles. The molecule has 3 rings (SSSR count). The van der Waals surface area contributed by atoms with E-state index in [4.69, 9.17) is 0 Å². The summed E-state index contributed by atoms with van der Waals surface area (Å²) in [6, 6.07) is 9.46. The van der Waals surface area contributed by atoms with Crippen LogP contribution in [0.4, 0.5) is 0 Å². The van der Waals surface area contributed by atoms with Crippen LogP contribution in [0.3, 0.4) is 0 Å². The normalized spacial score (nSPS) is 19.9. The first-order chi connectivity index (χ1) is 9.33. The molecular formula is C16H20N2S. The van der Waals surface area contributed by atoms with Gasteiger partial charge in [0.2, 0.25) is 0 Å². The Balaban J connectivity index is 1.55. The second kappa shape index (κ2) is 5.85. The molecule has 1 N–H and O–H groups in total. The van der Waals surface area contributed by atoms with Gasteiger partial charge in [-0.2, -0.15) is 0 Å². The number of hydrogen-bond donors (Lipinski definition) is 1. The Bertz CT molecular complexity index is 521. The van der Waals surface area contributed by atoms with Gasteiger partial charge in [-0.15, -0.1) is 11.3 Å². The number of benzene rings is 1. The molecular weight excluding hydrogens is 252 g/mol. The fourth-order valence-corrected chi connectivity index (χ4v) is 3.48. The maximum Gasteiger partial charge on any atom is 0.0965 e. The second-order valence-electron chi connectivity index (χ2n) is 5.39. The first-order valence-electron chi connectivity index (χ1n) is 7.02. The Labute approximate surface area is 118 Å². The van der Waals surface area contributed by atoms with Crippen molar-refractivity contribution in [2.75, 3.05) is 6.54 Å². The summed E-state index contributed by atoms with van der Waals surface area (Å²) in [5.74, 6) is 0.511. The Kier molecular flexibility index (Phi) is 3.95. The molecule has 0 aliphatic heterocycles. The van der Waals surface area contributed by atoms with E-state index < -0.39 is 0 Å². The summed E-state index contributed by atoms with van der Waals surface area (Å²) in [6.07, 6.45) is 5.52. The lowest BCUT2D eigenvalue weighted by Crippen LogP contribution is -2.36. The van der Waals surface area contributed by atoms with Crippen molar-refractivity contribution in [3.63, 3.8) is 0 Å². The lowest BCUT2D eigenvalue weighted by Gasteiger charge is -2.26. The van der Waals surface area contributed by atoms with Crippen molar-refractivity contribution >= 4 is 11.3 Å². The summed E-state index contributed by atoms with van der Waals surface area (Å²) < 4.78 is 0. The highest BCUT2D eigenvalue weighted by molar-refractivity contribution is 7.09. The summed E-state index contributed by atoms with van der Waals surface area (Å²) in [6.45, 7) is 3.28. The number of aromatic nitrogens is 1. The Hall–Kier alpha value is -1.19. The van der Waals surface area contributed by atoms with Crippen LogP contribution in [0.2, 0.25) is 0 Å². The van der Waals surface area contributed by atoms with E-state index in [1.807, 2.05) is 6.20 Å². The molecule has 0 fully saturated rings. The molecule has 2 aromatic rings. The first kappa shape index (κ1) is 12.8. The predicted molar refractivity (Wildman–Crippen MR) is 80.8 cm³/mol. The fraction of sp³-hybridized carbons (Fsp3) is 0.438. The van der Waals surface area contributed by atoms with E-state index in [1.54, 1.807) is 11.3 Å². The van der Waals surface area contributed by atoms with Crippen LogP contribution in [0.25, 0.3) is 0 Å². The van der Waals surface area contributed by atoms with Gasteiger partial charge in [0.1, 0.15) is 0 Å². The number of nitrogens with one attached hydrogen (secondary N) is 1. The van der Waals surface area contributed by atoms with Gasteiger partial charge >= 0.3 is 0 Å². The molecule has 19 heavy (non-hydrogen) atoms. The fourth-order valence-electron chi connectivity index (χ4n) is 2.78. The van der Waals surface area contributed by atoms with Crippen molar-refractivity contribution in [2.45, 2.75) is 38.1 Å². The van der Waals surface area contributed by atoms with E-state index in [-0.39, 0.29) is 0 Å². The van der Waals surface area contributed by atoms with Crippen LogP contribution >= 0.6 is 11.3 Å². The van der Waals surface area contributed by atoms with Crippen LogP contribution in [0, 0.1) is 0 Å². The Morgan fingerprint density at radius 2 is 2.21 bits per heavy atom. The number of hydrogen-bond acceptors (Lipinski definition) is 3. The van der Waals surface area contributed by atoms with Gasteiger partial charge in [0.05, 0.1) is 5.01 Å². The molecule has 0 saturated carbocycles. The summed E-state index contributed by atoms with van der Waals surface area (Å²) >= 11 is 1.76. The average Bonchev–Trinajstić information content (AvgIpc) is 2.99. The van der Waals surface area contributed by atoms with Crippen molar-refractivity contribution in [1.82, 2.24) is 10.3 Å². The quantitative estimate of drug-likeness (QED) is 0.923. The Morgan fingerprint density at radius 1 is 1.37 bits per heavy atom. The van der Waals surface area contributed by atoms with Crippen molar-refractivity contribution < 1.29 is 0 Å². The molecule has 1 aliphatic carbocycles. The molecule has 0 radical (unpaired) electrons. The zero-order chi connectivity index (χ0) is 13.1.